The Kier molecular flexibility index (Phi) is 4.69. The molecule has 8 heteroatoms. The lowest BCUT2D eigenvalue weighted by molar-refractivity contribution is -0.123. The van der Waals surface area contributed by atoms with Gasteiger partial charge in [0.25, 0.3) is 0 Å². The van der Waals surface area contributed by atoms with E-state index >= 15 is 0 Å². The molecule has 1 aliphatic carbocycles. The predicted molar refractivity (Wildman–Crippen MR) is 91.6 cm³/mol. The van der Waals surface area contributed by atoms with Gasteiger partial charge in [-0.15, -0.1) is 5.10 Å². The Labute approximate surface area is 150 Å². The van der Waals surface area contributed by atoms with E-state index in [1.165, 1.54) is 16.8 Å². The van der Waals surface area contributed by atoms with Crippen molar-refractivity contribution in [3.05, 3.63) is 47.5 Å². The zero-order chi connectivity index (χ0) is 18.1. The number of benzene rings is 1. The smallest absolute Gasteiger partial charge is 0.249 e. The van der Waals surface area contributed by atoms with E-state index in [4.69, 9.17) is 10.5 Å². The first-order chi connectivity index (χ1) is 12.6. The highest BCUT2D eigenvalue weighted by atomic mass is 19.1. The van der Waals surface area contributed by atoms with Crippen LogP contribution in [-0.2, 0) is 9.53 Å². The van der Waals surface area contributed by atoms with Gasteiger partial charge in [0.05, 0.1) is 18.3 Å². The fourth-order valence-corrected chi connectivity index (χ4v) is 3.22. The molecule has 1 saturated heterocycles. The summed E-state index contributed by atoms with van der Waals surface area (Å²) >= 11 is 0. The third kappa shape index (κ3) is 3.61. The Morgan fingerprint density at radius 2 is 2.08 bits per heavy atom. The molecule has 1 aromatic heterocycles. The fraction of sp³-hybridized carbons (Fsp3) is 0.500. The normalized spacial score (nSPS) is 22.2. The molecule has 1 amide bonds. The molecular weight excluding hydrogens is 337 g/mol. The lowest BCUT2D eigenvalue weighted by Crippen LogP contribution is -2.35. The molecule has 0 radical (unpaired) electrons. The summed E-state index contributed by atoms with van der Waals surface area (Å²) in [6, 6.07) is 4.97. The molecule has 1 aliphatic heterocycles. The Morgan fingerprint density at radius 1 is 1.31 bits per heavy atom. The summed E-state index contributed by atoms with van der Waals surface area (Å²) in [5.41, 5.74) is 7.48. The van der Waals surface area contributed by atoms with E-state index in [9.17, 15) is 9.18 Å². The number of nitrogens with two attached hydrogens (primary N) is 1. The van der Waals surface area contributed by atoms with Crippen molar-refractivity contribution in [3.63, 3.8) is 0 Å². The van der Waals surface area contributed by atoms with E-state index in [-0.39, 0.29) is 29.9 Å². The van der Waals surface area contributed by atoms with Crippen LogP contribution in [0.4, 0.5) is 4.39 Å². The highest BCUT2D eigenvalue weighted by Crippen LogP contribution is 2.26. The van der Waals surface area contributed by atoms with Crippen molar-refractivity contribution in [2.24, 2.45) is 5.73 Å². The van der Waals surface area contributed by atoms with Gasteiger partial charge in [0.1, 0.15) is 11.5 Å². The third-order valence-corrected chi connectivity index (χ3v) is 4.86. The molecule has 0 spiro atoms. The van der Waals surface area contributed by atoms with Crippen LogP contribution in [0.2, 0.25) is 0 Å². The lowest BCUT2D eigenvalue weighted by Gasteiger charge is -2.18. The second-order valence-electron chi connectivity index (χ2n) is 6.94. The highest BCUT2D eigenvalue weighted by molar-refractivity contribution is 5.84. The van der Waals surface area contributed by atoms with E-state index in [2.05, 4.69) is 15.6 Å². The molecular formula is C18H22FN5O2. The van der Waals surface area contributed by atoms with Gasteiger partial charge in [-0.05, 0) is 43.4 Å². The van der Waals surface area contributed by atoms with Gasteiger partial charge in [-0.1, -0.05) is 17.3 Å². The minimum Gasteiger partial charge on any atom is -0.376 e. The first-order valence-electron chi connectivity index (χ1n) is 8.96. The van der Waals surface area contributed by atoms with Crippen LogP contribution in [0.15, 0.2) is 30.5 Å². The van der Waals surface area contributed by atoms with E-state index in [0.717, 1.165) is 25.7 Å². The van der Waals surface area contributed by atoms with Gasteiger partial charge in [-0.25, -0.2) is 9.07 Å². The van der Waals surface area contributed by atoms with Gasteiger partial charge >= 0.3 is 0 Å². The van der Waals surface area contributed by atoms with Crippen LogP contribution in [0.5, 0.6) is 0 Å². The van der Waals surface area contributed by atoms with Gasteiger partial charge in [-0.2, -0.15) is 0 Å². The van der Waals surface area contributed by atoms with Gasteiger partial charge in [0.2, 0.25) is 5.91 Å². The van der Waals surface area contributed by atoms with Gasteiger partial charge in [0.15, 0.2) is 6.04 Å². The Balaban J connectivity index is 1.60. The molecule has 26 heavy (non-hydrogen) atoms. The summed E-state index contributed by atoms with van der Waals surface area (Å²) in [5.74, 6) is -0.531. The van der Waals surface area contributed by atoms with Crippen molar-refractivity contribution in [3.8, 4) is 0 Å². The van der Waals surface area contributed by atoms with E-state index in [0.29, 0.717) is 17.9 Å². The van der Waals surface area contributed by atoms with Crippen LogP contribution in [0.3, 0.4) is 0 Å². The zero-order valence-electron chi connectivity index (χ0n) is 14.3. The number of carbonyl (C=O) groups excluding carboxylic acids is 1. The molecule has 2 aliphatic rings. The number of halogens is 1. The lowest BCUT2D eigenvalue weighted by atomic mass is 10.1. The molecule has 2 fully saturated rings. The van der Waals surface area contributed by atoms with Crippen molar-refractivity contribution in [2.45, 2.75) is 49.9 Å². The molecule has 3 N–H and O–H groups in total. The Bertz CT molecular complexity index is 768. The average Bonchev–Trinajstić information content (AvgIpc) is 3.12. The standard InChI is InChI=1S/C18H22FN5O2/c19-12-5-3-11(4-6-12)17(18(25)21-13-7-8-13)24-10-14(22-23-24)16(20)15-2-1-9-26-15/h3-6,10,13,15-17H,1-2,7-9,20H2,(H,21,25). The highest BCUT2D eigenvalue weighted by Gasteiger charge is 2.32. The molecule has 2 heterocycles. The largest absolute Gasteiger partial charge is 0.376 e. The summed E-state index contributed by atoms with van der Waals surface area (Å²) in [4.78, 5) is 12.8. The van der Waals surface area contributed by atoms with Gasteiger partial charge < -0.3 is 15.8 Å². The SMILES string of the molecule is NC(c1cn(C(C(=O)NC2CC2)c2ccc(F)cc2)nn1)C1CCCO1. The van der Waals surface area contributed by atoms with Crippen LogP contribution in [0.25, 0.3) is 0 Å². The van der Waals surface area contributed by atoms with Crippen LogP contribution in [0.1, 0.15) is 49.0 Å². The average molecular weight is 359 g/mol. The van der Waals surface area contributed by atoms with Gasteiger partial charge in [0, 0.05) is 12.6 Å². The quantitative estimate of drug-likeness (QED) is 0.814. The summed E-state index contributed by atoms with van der Waals surface area (Å²) < 4.78 is 20.4. The summed E-state index contributed by atoms with van der Waals surface area (Å²) in [6.45, 7) is 0.703. The minimum absolute atomic E-state index is 0.0790. The second-order valence-corrected chi connectivity index (χ2v) is 6.94. The number of amides is 1. The molecule has 0 bridgehead atoms. The molecule has 3 unspecified atom stereocenters. The predicted octanol–water partition coefficient (Wildman–Crippen LogP) is 1.46. The third-order valence-electron chi connectivity index (χ3n) is 4.86. The molecule has 3 atom stereocenters. The van der Waals surface area contributed by atoms with Crippen molar-refractivity contribution in [2.75, 3.05) is 6.61 Å². The maximum Gasteiger partial charge on any atom is 0.249 e. The number of hydrogen-bond acceptors (Lipinski definition) is 5. The molecule has 2 aromatic rings. The molecule has 4 rings (SSSR count). The summed E-state index contributed by atoms with van der Waals surface area (Å²) in [6.07, 6.45) is 5.44. The molecule has 7 nitrogen and oxygen atoms in total. The van der Waals surface area contributed by atoms with Crippen molar-refractivity contribution in [1.82, 2.24) is 20.3 Å². The Hall–Kier alpha value is -2.32. The van der Waals surface area contributed by atoms with Gasteiger partial charge in [-0.3, -0.25) is 4.79 Å². The number of ether oxygens (including phenoxy) is 1. The monoisotopic (exact) mass is 359 g/mol. The number of nitrogens with zero attached hydrogens (tertiary/aromatic N) is 3. The summed E-state index contributed by atoms with van der Waals surface area (Å²) in [5, 5.41) is 11.3. The van der Waals surface area contributed by atoms with Crippen LogP contribution < -0.4 is 11.1 Å². The fourth-order valence-electron chi connectivity index (χ4n) is 3.22. The zero-order valence-corrected chi connectivity index (χ0v) is 14.3. The van der Waals surface area contributed by atoms with Crippen molar-refractivity contribution in [1.29, 1.82) is 0 Å². The van der Waals surface area contributed by atoms with Crippen LogP contribution in [-0.4, -0.2) is 39.7 Å². The van der Waals surface area contributed by atoms with Crippen LogP contribution in [0, 0.1) is 5.82 Å². The van der Waals surface area contributed by atoms with E-state index < -0.39 is 6.04 Å². The number of aromatic nitrogens is 3. The number of hydrogen-bond donors (Lipinski definition) is 2. The molecule has 1 saturated carbocycles. The topological polar surface area (TPSA) is 95.1 Å². The summed E-state index contributed by atoms with van der Waals surface area (Å²) in [7, 11) is 0. The number of carbonyl (C=O) groups is 1. The number of rotatable bonds is 6. The minimum atomic E-state index is -0.714. The van der Waals surface area contributed by atoms with Crippen LogP contribution >= 0.6 is 0 Å². The Morgan fingerprint density at radius 3 is 2.73 bits per heavy atom. The molecule has 138 valence electrons. The second kappa shape index (κ2) is 7.13. The maximum atomic E-state index is 13.3. The van der Waals surface area contributed by atoms with E-state index in [1.807, 2.05) is 0 Å². The van der Waals surface area contributed by atoms with Crippen molar-refractivity contribution < 1.29 is 13.9 Å². The van der Waals surface area contributed by atoms with E-state index in [1.54, 1.807) is 18.3 Å². The first-order valence-corrected chi connectivity index (χ1v) is 8.96. The first kappa shape index (κ1) is 17.1. The molecule has 1 aromatic carbocycles. The van der Waals surface area contributed by atoms with Crippen molar-refractivity contribution >= 4 is 5.91 Å². The maximum absolute atomic E-state index is 13.3. The number of nitrogens with one attached hydrogen (secondary N) is 1.